The summed E-state index contributed by atoms with van der Waals surface area (Å²) in [6, 6.07) is 8.46. The van der Waals surface area contributed by atoms with Gasteiger partial charge in [0.2, 0.25) is 0 Å². The van der Waals surface area contributed by atoms with Gasteiger partial charge in [-0.15, -0.1) is 0 Å². The summed E-state index contributed by atoms with van der Waals surface area (Å²) in [6.07, 6.45) is 5.15. The Hall–Kier alpha value is -2.60. The van der Waals surface area contributed by atoms with E-state index in [2.05, 4.69) is 46.2 Å². The van der Waals surface area contributed by atoms with Gasteiger partial charge in [0.05, 0.1) is 24.7 Å². The third kappa shape index (κ3) is 3.37. The van der Waals surface area contributed by atoms with Crippen molar-refractivity contribution in [2.45, 2.75) is 45.7 Å². The van der Waals surface area contributed by atoms with Gasteiger partial charge in [-0.2, -0.15) is 5.10 Å². The molecule has 3 heterocycles. The Morgan fingerprint density at radius 1 is 1.30 bits per heavy atom. The molecule has 1 N–H and O–H groups in total. The molecule has 0 spiro atoms. The number of methoxy groups -OCH3 is 1. The molecule has 1 saturated heterocycles. The van der Waals surface area contributed by atoms with Crippen molar-refractivity contribution in [1.82, 2.24) is 20.3 Å². The van der Waals surface area contributed by atoms with Crippen LogP contribution in [-0.2, 0) is 13.0 Å². The summed E-state index contributed by atoms with van der Waals surface area (Å²) in [5.74, 6) is 1.88. The molecular formula is C21H26N4O2. The number of benzene rings is 1. The summed E-state index contributed by atoms with van der Waals surface area (Å²) >= 11 is 0. The number of aromatic nitrogens is 3. The van der Waals surface area contributed by atoms with Crippen LogP contribution in [0, 0.1) is 6.92 Å². The van der Waals surface area contributed by atoms with Crippen molar-refractivity contribution in [1.29, 1.82) is 0 Å². The minimum Gasteiger partial charge on any atom is -0.497 e. The third-order valence-electron chi connectivity index (χ3n) is 5.47. The number of H-pyrrole nitrogens is 1. The van der Waals surface area contributed by atoms with Gasteiger partial charge in [-0.05, 0) is 50.6 Å². The molecule has 1 aliphatic heterocycles. The predicted octanol–water partition coefficient (Wildman–Crippen LogP) is 4.28. The number of nitrogens with one attached hydrogen (secondary N) is 1. The summed E-state index contributed by atoms with van der Waals surface area (Å²) in [4.78, 5) is 2.52. The van der Waals surface area contributed by atoms with E-state index in [0.717, 1.165) is 54.4 Å². The lowest BCUT2D eigenvalue weighted by Gasteiger charge is -2.24. The SMILES string of the molecule is CCc1onc(C)c1C1CCCN1Cc1cn[nH]c1-c1ccc(OC)cc1. The molecule has 3 aromatic rings. The molecule has 0 saturated carbocycles. The van der Waals surface area contributed by atoms with Crippen molar-refractivity contribution in [3.05, 3.63) is 53.0 Å². The molecule has 0 aliphatic carbocycles. The standard InChI is InChI=1S/C21H26N4O2/c1-4-19-20(14(2)24-27-19)18-6-5-11-25(18)13-16-12-22-23-21(16)15-7-9-17(26-3)10-8-15/h7-10,12,18H,4-6,11,13H2,1-3H3,(H,22,23). The van der Waals surface area contributed by atoms with E-state index in [9.17, 15) is 0 Å². The maximum atomic E-state index is 5.55. The van der Waals surface area contributed by atoms with E-state index < -0.39 is 0 Å². The third-order valence-corrected chi connectivity index (χ3v) is 5.47. The van der Waals surface area contributed by atoms with Crippen LogP contribution in [0.5, 0.6) is 5.75 Å². The molecule has 1 aromatic carbocycles. The van der Waals surface area contributed by atoms with E-state index in [1.54, 1.807) is 7.11 Å². The quantitative estimate of drug-likeness (QED) is 0.705. The highest BCUT2D eigenvalue weighted by Crippen LogP contribution is 2.37. The number of nitrogens with zero attached hydrogens (tertiary/aromatic N) is 3. The summed E-state index contributed by atoms with van der Waals surface area (Å²) in [6.45, 7) is 6.11. The summed E-state index contributed by atoms with van der Waals surface area (Å²) < 4.78 is 10.8. The van der Waals surface area contributed by atoms with Gasteiger partial charge in [0.25, 0.3) is 0 Å². The first-order chi connectivity index (χ1) is 13.2. The van der Waals surface area contributed by atoms with E-state index >= 15 is 0 Å². The minimum atomic E-state index is 0.366. The first-order valence-electron chi connectivity index (χ1n) is 9.57. The molecule has 0 radical (unpaired) electrons. The van der Waals surface area contributed by atoms with Crippen LogP contribution in [0.25, 0.3) is 11.3 Å². The number of rotatable bonds is 6. The van der Waals surface area contributed by atoms with Crippen LogP contribution in [0.15, 0.2) is 35.0 Å². The Morgan fingerprint density at radius 3 is 2.85 bits per heavy atom. The average Bonchev–Trinajstić information content (AvgIpc) is 3.42. The highest BCUT2D eigenvalue weighted by atomic mass is 16.5. The van der Waals surface area contributed by atoms with Crippen LogP contribution in [0.1, 0.15) is 48.4 Å². The zero-order valence-electron chi connectivity index (χ0n) is 16.2. The lowest BCUT2D eigenvalue weighted by molar-refractivity contribution is 0.245. The van der Waals surface area contributed by atoms with Crippen LogP contribution in [0.4, 0.5) is 0 Å². The molecule has 1 fully saturated rings. The van der Waals surface area contributed by atoms with E-state index in [-0.39, 0.29) is 0 Å². The Balaban J connectivity index is 1.59. The van der Waals surface area contributed by atoms with Crippen LogP contribution >= 0.6 is 0 Å². The van der Waals surface area contributed by atoms with Crippen LogP contribution in [0.2, 0.25) is 0 Å². The highest BCUT2D eigenvalue weighted by molar-refractivity contribution is 5.63. The fraction of sp³-hybridized carbons (Fsp3) is 0.429. The predicted molar refractivity (Wildman–Crippen MR) is 104 cm³/mol. The van der Waals surface area contributed by atoms with Gasteiger partial charge in [0.15, 0.2) is 0 Å². The smallest absolute Gasteiger partial charge is 0.141 e. The highest BCUT2D eigenvalue weighted by Gasteiger charge is 2.31. The van der Waals surface area contributed by atoms with E-state index in [1.165, 1.54) is 17.5 Å². The number of hydrogen-bond donors (Lipinski definition) is 1. The number of aryl methyl sites for hydroxylation is 2. The van der Waals surface area contributed by atoms with Crippen LogP contribution < -0.4 is 4.74 Å². The average molecular weight is 366 g/mol. The molecule has 6 nitrogen and oxygen atoms in total. The largest absolute Gasteiger partial charge is 0.497 e. The molecule has 0 amide bonds. The van der Waals surface area contributed by atoms with Gasteiger partial charge in [-0.25, -0.2) is 0 Å². The summed E-state index contributed by atoms with van der Waals surface area (Å²) in [5.41, 5.74) is 5.70. The summed E-state index contributed by atoms with van der Waals surface area (Å²) in [7, 11) is 1.68. The summed E-state index contributed by atoms with van der Waals surface area (Å²) in [5, 5.41) is 11.7. The van der Waals surface area contributed by atoms with Crippen molar-refractivity contribution in [3.8, 4) is 17.0 Å². The number of likely N-dealkylation sites (tertiary alicyclic amines) is 1. The molecule has 0 bridgehead atoms. The first kappa shape index (κ1) is 17.8. The zero-order valence-corrected chi connectivity index (χ0v) is 16.2. The van der Waals surface area contributed by atoms with Crippen LogP contribution in [-0.4, -0.2) is 33.9 Å². The minimum absolute atomic E-state index is 0.366. The number of hydrogen-bond acceptors (Lipinski definition) is 5. The Morgan fingerprint density at radius 2 is 2.11 bits per heavy atom. The maximum Gasteiger partial charge on any atom is 0.141 e. The van der Waals surface area contributed by atoms with Gasteiger partial charge >= 0.3 is 0 Å². The maximum absolute atomic E-state index is 5.55. The van der Waals surface area contributed by atoms with Crippen LogP contribution in [0.3, 0.4) is 0 Å². The first-order valence-corrected chi connectivity index (χ1v) is 9.57. The lowest BCUT2D eigenvalue weighted by atomic mass is 10.0. The normalized spacial score (nSPS) is 17.5. The Kier molecular flexibility index (Phi) is 4.99. The Bertz CT molecular complexity index is 897. The molecule has 2 aromatic heterocycles. The molecule has 1 unspecified atom stereocenters. The molecule has 1 aliphatic rings. The van der Waals surface area contributed by atoms with Gasteiger partial charge in [0.1, 0.15) is 11.5 Å². The van der Waals surface area contributed by atoms with E-state index in [1.807, 2.05) is 18.3 Å². The fourth-order valence-electron chi connectivity index (χ4n) is 4.11. The number of ether oxygens (including phenoxy) is 1. The zero-order chi connectivity index (χ0) is 18.8. The number of aromatic amines is 1. The monoisotopic (exact) mass is 366 g/mol. The molecular weight excluding hydrogens is 340 g/mol. The van der Waals surface area contributed by atoms with E-state index in [4.69, 9.17) is 9.26 Å². The van der Waals surface area contributed by atoms with Gasteiger partial charge in [-0.3, -0.25) is 10.00 Å². The second-order valence-electron chi connectivity index (χ2n) is 7.09. The topological polar surface area (TPSA) is 67.2 Å². The Labute approximate surface area is 159 Å². The van der Waals surface area contributed by atoms with Crippen molar-refractivity contribution in [3.63, 3.8) is 0 Å². The second-order valence-corrected chi connectivity index (χ2v) is 7.09. The van der Waals surface area contributed by atoms with Crippen molar-refractivity contribution >= 4 is 0 Å². The molecule has 1 atom stereocenters. The van der Waals surface area contributed by atoms with Gasteiger partial charge < -0.3 is 9.26 Å². The van der Waals surface area contributed by atoms with Gasteiger partial charge in [-0.1, -0.05) is 12.1 Å². The molecule has 6 heteroatoms. The molecule has 142 valence electrons. The second kappa shape index (κ2) is 7.56. The molecule has 4 rings (SSSR count). The fourth-order valence-corrected chi connectivity index (χ4v) is 4.11. The van der Waals surface area contributed by atoms with Crippen molar-refractivity contribution < 1.29 is 9.26 Å². The van der Waals surface area contributed by atoms with Gasteiger partial charge in [0, 0.05) is 35.7 Å². The van der Waals surface area contributed by atoms with Crippen molar-refractivity contribution in [2.75, 3.05) is 13.7 Å². The van der Waals surface area contributed by atoms with Crippen molar-refractivity contribution in [2.24, 2.45) is 0 Å². The molecule has 27 heavy (non-hydrogen) atoms. The lowest BCUT2D eigenvalue weighted by Crippen LogP contribution is -2.23. The van der Waals surface area contributed by atoms with E-state index in [0.29, 0.717) is 6.04 Å².